The molecule has 138 valence electrons. The summed E-state index contributed by atoms with van der Waals surface area (Å²) in [6, 6.07) is 6.90. The van der Waals surface area contributed by atoms with Gasteiger partial charge in [-0.25, -0.2) is 4.98 Å². The van der Waals surface area contributed by atoms with Gasteiger partial charge in [-0.1, -0.05) is 26.1 Å². The Morgan fingerprint density at radius 2 is 1.92 bits per heavy atom. The number of thiocarbonyl (C=S) groups is 1. The van der Waals surface area contributed by atoms with Crippen molar-refractivity contribution in [2.24, 2.45) is 0 Å². The molecule has 0 atom stereocenters. The maximum Gasteiger partial charge on any atom is 0.129 e. The van der Waals surface area contributed by atoms with Crippen LogP contribution >= 0.6 is 12.2 Å². The zero-order valence-corrected chi connectivity index (χ0v) is 15.7. The zero-order valence-electron chi connectivity index (χ0n) is 14.9. The lowest BCUT2D eigenvalue weighted by molar-refractivity contribution is 0.122. The molecule has 0 saturated carbocycles. The molecule has 6 nitrogen and oxygen atoms in total. The second-order valence-electron chi connectivity index (χ2n) is 6.54. The topological polar surface area (TPSA) is 77.9 Å². The summed E-state index contributed by atoms with van der Waals surface area (Å²) in [7, 11) is 0. The molecule has 0 bridgehead atoms. The highest BCUT2D eigenvalue weighted by atomic mass is 32.1. The third kappa shape index (κ3) is 4.05. The molecule has 0 aliphatic carbocycles. The second kappa shape index (κ2) is 7.88. The van der Waals surface area contributed by atoms with Crippen molar-refractivity contribution in [1.82, 2.24) is 4.98 Å². The van der Waals surface area contributed by atoms with Gasteiger partial charge in [-0.2, -0.15) is 0 Å². The third-order valence-corrected chi connectivity index (χ3v) is 4.67. The summed E-state index contributed by atoms with van der Waals surface area (Å²) >= 11 is 5.43. The van der Waals surface area contributed by atoms with Gasteiger partial charge in [-0.3, -0.25) is 0 Å². The molecule has 1 fully saturated rings. The van der Waals surface area contributed by atoms with Crippen molar-refractivity contribution >= 4 is 28.7 Å². The van der Waals surface area contributed by atoms with Gasteiger partial charge in [0.05, 0.1) is 30.7 Å². The highest BCUT2D eigenvalue weighted by Crippen LogP contribution is 2.32. The second-order valence-corrected chi connectivity index (χ2v) is 6.95. The number of rotatable bonds is 4. The number of ether oxygens (including phenoxy) is 1. The van der Waals surface area contributed by atoms with Crippen molar-refractivity contribution in [2.75, 3.05) is 36.5 Å². The zero-order chi connectivity index (χ0) is 18.7. The Balaban J connectivity index is 1.74. The Kier molecular flexibility index (Phi) is 5.58. The molecule has 0 unspecified atom stereocenters. The fraction of sp³-hybridized carbons (Fsp3) is 0.368. The molecule has 0 radical (unpaired) electrons. The standard InChI is InChI=1S/C19H23N3O3S/c1-12(2)14-9-15(17(24)10-16(14)23)19(26)21-13-3-4-18(20-11-13)22-5-7-25-8-6-22/h3-4,9-12,23-24H,5-8H2,1-2H3,(H,21,26). The molecule has 7 heteroatoms. The molecule has 1 aromatic heterocycles. The van der Waals surface area contributed by atoms with E-state index in [-0.39, 0.29) is 17.4 Å². The van der Waals surface area contributed by atoms with Crippen LogP contribution in [0.1, 0.15) is 30.9 Å². The summed E-state index contributed by atoms with van der Waals surface area (Å²) in [5.74, 6) is 1.04. The molecule has 3 N–H and O–H groups in total. The summed E-state index contributed by atoms with van der Waals surface area (Å²) in [5, 5.41) is 23.2. The van der Waals surface area contributed by atoms with Crippen molar-refractivity contribution in [3.63, 3.8) is 0 Å². The predicted octanol–water partition coefficient (Wildman–Crippen LogP) is 3.24. The fourth-order valence-electron chi connectivity index (χ4n) is 2.88. The van der Waals surface area contributed by atoms with Gasteiger partial charge in [0, 0.05) is 19.2 Å². The quantitative estimate of drug-likeness (QED) is 0.710. The Labute approximate surface area is 158 Å². The third-order valence-electron chi connectivity index (χ3n) is 4.35. The summed E-state index contributed by atoms with van der Waals surface area (Å²) in [4.78, 5) is 7.03. The van der Waals surface area contributed by atoms with Crippen LogP contribution in [-0.4, -0.2) is 46.5 Å². The number of anilines is 2. The lowest BCUT2D eigenvalue weighted by Crippen LogP contribution is -2.36. The molecule has 3 rings (SSSR count). The number of hydrogen-bond acceptors (Lipinski definition) is 6. The van der Waals surface area contributed by atoms with Crippen molar-refractivity contribution in [3.8, 4) is 11.5 Å². The number of nitrogens with one attached hydrogen (secondary N) is 1. The van der Waals surface area contributed by atoms with Gasteiger partial charge in [-0.15, -0.1) is 0 Å². The van der Waals surface area contributed by atoms with Crippen molar-refractivity contribution < 1.29 is 14.9 Å². The summed E-state index contributed by atoms with van der Waals surface area (Å²) in [5.41, 5.74) is 1.96. The first-order chi connectivity index (χ1) is 12.5. The van der Waals surface area contributed by atoms with Crippen molar-refractivity contribution in [2.45, 2.75) is 19.8 Å². The molecule has 26 heavy (non-hydrogen) atoms. The molecule has 1 aromatic carbocycles. The first-order valence-electron chi connectivity index (χ1n) is 8.61. The number of nitrogens with zero attached hydrogens (tertiary/aromatic N) is 2. The van der Waals surface area contributed by atoms with Crippen LogP contribution in [-0.2, 0) is 4.74 Å². The SMILES string of the molecule is CC(C)c1cc(C(=S)Nc2ccc(N3CCOCC3)nc2)c(O)cc1O. The molecule has 1 aliphatic rings. The van der Waals surface area contributed by atoms with Crippen LogP contribution in [0.4, 0.5) is 11.5 Å². The van der Waals surface area contributed by atoms with Crippen molar-refractivity contribution in [3.05, 3.63) is 41.6 Å². The van der Waals surface area contributed by atoms with Gasteiger partial charge >= 0.3 is 0 Å². The average molecular weight is 373 g/mol. The van der Waals surface area contributed by atoms with Crippen LogP contribution < -0.4 is 10.2 Å². The monoisotopic (exact) mass is 373 g/mol. The molecule has 2 heterocycles. The molecular formula is C19H23N3O3S. The van der Waals surface area contributed by atoms with Crippen LogP contribution in [0.3, 0.4) is 0 Å². The highest BCUT2D eigenvalue weighted by molar-refractivity contribution is 7.81. The van der Waals surface area contributed by atoms with Crippen LogP contribution in [0.5, 0.6) is 11.5 Å². The van der Waals surface area contributed by atoms with E-state index >= 15 is 0 Å². The van der Waals surface area contributed by atoms with Crippen LogP contribution in [0.25, 0.3) is 0 Å². The lowest BCUT2D eigenvalue weighted by Gasteiger charge is -2.27. The van der Waals surface area contributed by atoms with E-state index in [9.17, 15) is 10.2 Å². The van der Waals surface area contributed by atoms with E-state index in [1.807, 2.05) is 26.0 Å². The highest BCUT2D eigenvalue weighted by Gasteiger charge is 2.16. The Morgan fingerprint density at radius 3 is 2.54 bits per heavy atom. The number of hydrogen-bond donors (Lipinski definition) is 3. The van der Waals surface area contributed by atoms with E-state index in [0.29, 0.717) is 23.8 Å². The number of pyridine rings is 1. The van der Waals surface area contributed by atoms with Gasteiger partial charge in [0.25, 0.3) is 0 Å². The minimum Gasteiger partial charge on any atom is -0.508 e. The summed E-state index contributed by atoms with van der Waals surface area (Å²) in [6.45, 7) is 7.03. The Bertz CT molecular complexity index is 787. The molecule has 0 spiro atoms. The number of aromatic nitrogens is 1. The fourth-order valence-corrected chi connectivity index (χ4v) is 3.16. The maximum absolute atomic E-state index is 10.1. The van der Waals surface area contributed by atoms with Gasteiger partial charge < -0.3 is 25.2 Å². The van der Waals surface area contributed by atoms with E-state index in [1.54, 1.807) is 12.3 Å². The number of phenols is 2. The van der Waals surface area contributed by atoms with E-state index < -0.39 is 0 Å². The normalized spacial score (nSPS) is 14.5. The van der Waals surface area contributed by atoms with Crippen LogP contribution in [0, 0.1) is 0 Å². The molecule has 1 saturated heterocycles. The van der Waals surface area contributed by atoms with Crippen molar-refractivity contribution in [1.29, 1.82) is 0 Å². The number of aromatic hydroxyl groups is 2. The van der Waals surface area contributed by atoms with E-state index in [1.165, 1.54) is 6.07 Å². The van der Waals surface area contributed by atoms with Gasteiger partial charge in [0.2, 0.25) is 0 Å². The van der Waals surface area contributed by atoms with E-state index in [4.69, 9.17) is 17.0 Å². The summed E-state index contributed by atoms with van der Waals surface area (Å²) < 4.78 is 5.35. The van der Waals surface area contributed by atoms with Gasteiger partial charge in [-0.05, 0) is 29.7 Å². The number of benzene rings is 1. The average Bonchev–Trinajstić information content (AvgIpc) is 2.62. The molecular weight excluding hydrogens is 350 g/mol. The predicted molar refractivity (Wildman–Crippen MR) is 106 cm³/mol. The first kappa shape index (κ1) is 18.4. The molecule has 2 aromatic rings. The minimum atomic E-state index is -0.0534. The smallest absolute Gasteiger partial charge is 0.129 e. The van der Waals surface area contributed by atoms with Crippen LogP contribution in [0.2, 0.25) is 0 Å². The largest absolute Gasteiger partial charge is 0.508 e. The lowest BCUT2D eigenvalue weighted by atomic mass is 9.99. The van der Waals surface area contributed by atoms with Crippen LogP contribution in [0.15, 0.2) is 30.5 Å². The van der Waals surface area contributed by atoms with Gasteiger partial charge in [0.1, 0.15) is 22.3 Å². The maximum atomic E-state index is 10.1. The number of morpholine rings is 1. The molecule has 1 aliphatic heterocycles. The minimum absolute atomic E-state index is 0.0534. The first-order valence-corrected chi connectivity index (χ1v) is 9.02. The number of phenolic OH excluding ortho intramolecular Hbond substituents is 2. The molecule has 0 amide bonds. The Morgan fingerprint density at radius 1 is 1.19 bits per heavy atom. The van der Waals surface area contributed by atoms with Gasteiger partial charge in [0.15, 0.2) is 0 Å². The summed E-state index contributed by atoms with van der Waals surface area (Å²) in [6.07, 6.45) is 1.72. The Hall–Kier alpha value is -2.38. The van der Waals surface area contributed by atoms with E-state index in [0.717, 1.165) is 30.2 Å². The van der Waals surface area contributed by atoms with E-state index in [2.05, 4.69) is 15.2 Å².